The SMILES string of the molecule is Cc1ccccc1N1C(=O)[C@@H]2[C@@H]3C=C[C@@H](C3)[C@]2(C)C1=O. The fourth-order valence-electron chi connectivity index (χ4n) is 4.35. The summed E-state index contributed by atoms with van der Waals surface area (Å²) in [5.74, 6) is 0.283. The van der Waals surface area contributed by atoms with Gasteiger partial charge in [0.25, 0.3) is 0 Å². The van der Waals surface area contributed by atoms with Gasteiger partial charge >= 0.3 is 0 Å². The van der Waals surface area contributed by atoms with Crippen molar-refractivity contribution in [1.29, 1.82) is 0 Å². The van der Waals surface area contributed by atoms with Crippen LogP contribution in [0.5, 0.6) is 0 Å². The number of aryl methyl sites for hydroxylation is 1. The number of para-hydroxylation sites is 1. The van der Waals surface area contributed by atoms with Crippen LogP contribution in [-0.2, 0) is 9.59 Å². The van der Waals surface area contributed by atoms with Crippen LogP contribution in [0.15, 0.2) is 36.4 Å². The number of fused-ring (bicyclic) bond motifs is 5. The number of carbonyl (C=O) groups excluding carboxylic acids is 2. The Hall–Kier alpha value is -1.90. The molecule has 0 spiro atoms. The molecule has 0 N–H and O–H groups in total. The Balaban J connectivity index is 1.85. The second kappa shape index (κ2) is 3.60. The average molecular weight is 267 g/mol. The Kier molecular flexibility index (Phi) is 2.14. The predicted octanol–water partition coefficient (Wildman–Crippen LogP) is 2.70. The molecule has 2 amide bonds. The van der Waals surface area contributed by atoms with Crippen LogP contribution in [0.2, 0.25) is 0 Å². The van der Waals surface area contributed by atoms with Crippen LogP contribution in [0.4, 0.5) is 5.69 Å². The minimum absolute atomic E-state index is 0.0105. The third-order valence-corrected chi connectivity index (χ3v) is 5.47. The highest BCUT2D eigenvalue weighted by atomic mass is 16.2. The van der Waals surface area contributed by atoms with Crippen molar-refractivity contribution in [2.75, 3.05) is 4.90 Å². The van der Waals surface area contributed by atoms with Crippen molar-refractivity contribution in [1.82, 2.24) is 0 Å². The number of anilines is 1. The van der Waals surface area contributed by atoms with Gasteiger partial charge in [0, 0.05) is 0 Å². The molecule has 4 rings (SSSR count). The Morgan fingerprint density at radius 1 is 1.20 bits per heavy atom. The molecule has 0 unspecified atom stereocenters. The van der Waals surface area contributed by atoms with Crippen LogP contribution in [0.1, 0.15) is 18.9 Å². The number of hydrogen-bond donors (Lipinski definition) is 0. The van der Waals surface area contributed by atoms with Crippen molar-refractivity contribution in [2.24, 2.45) is 23.2 Å². The first-order valence-corrected chi connectivity index (χ1v) is 7.17. The van der Waals surface area contributed by atoms with Crippen LogP contribution in [0, 0.1) is 30.1 Å². The molecule has 102 valence electrons. The van der Waals surface area contributed by atoms with E-state index in [1.54, 1.807) is 0 Å². The van der Waals surface area contributed by atoms with Gasteiger partial charge in [-0.05, 0) is 43.7 Å². The molecule has 2 fully saturated rings. The van der Waals surface area contributed by atoms with Gasteiger partial charge in [0.05, 0.1) is 17.0 Å². The molecule has 3 aliphatic rings. The van der Waals surface area contributed by atoms with Gasteiger partial charge in [-0.1, -0.05) is 30.4 Å². The van der Waals surface area contributed by atoms with Gasteiger partial charge in [0.1, 0.15) is 0 Å². The summed E-state index contributed by atoms with van der Waals surface area (Å²) in [5, 5.41) is 0. The van der Waals surface area contributed by atoms with E-state index in [-0.39, 0.29) is 29.6 Å². The summed E-state index contributed by atoms with van der Waals surface area (Å²) in [6.45, 7) is 3.92. The summed E-state index contributed by atoms with van der Waals surface area (Å²) in [7, 11) is 0. The predicted molar refractivity (Wildman–Crippen MR) is 76.0 cm³/mol. The smallest absolute Gasteiger partial charge is 0.241 e. The standard InChI is InChI=1S/C17H17NO2/c1-10-5-3-4-6-13(10)18-15(19)14-11-7-8-12(9-11)17(14,2)16(18)20/h3-8,11-12,14H,9H2,1-2H3/t11-,12+,14+,17+/m1/s1. The van der Waals surface area contributed by atoms with Gasteiger partial charge in [-0.2, -0.15) is 0 Å². The second-order valence-corrected chi connectivity index (χ2v) is 6.42. The first-order chi connectivity index (χ1) is 9.55. The first kappa shape index (κ1) is 11.9. The van der Waals surface area contributed by atoms with Crippen molar-refractivity contribution in [3.8, 4) is 0 Å². The highest BCUT2D eigenvalue weighted by Crippen LogP contribution is 2.60. The molecule has 2 aliphatic carbocycles. The topological polar surface area (TPSA) is 37.4 Å². The van der Waals surface area contributed by atoms with Crippen molar-refractivity contribution in [2.45, 2.75) is 20.3 Å². The fraction of sp³-hybridized carbons (Fsp3) is 0.412. The summed E-state index contributed by atoms with van der Waals surface area (Å²) in [5.41, 5.74) is 1.19. The van der Waals surface area contributed by atoms with E-state index in [1.807, 2.05) is 38.1 Å². The number of carbonyl (C=O) groups is 2. The normalized spacial score (nSPS) is 37.9. The number of allylic oxidation sites excluding steroid dienone is 2. The number of amides is 2. The van der Waals surface area contributed by atoms with Crippen LogP contribution in [-0.4, -0.2) is 11.8 Å². The average Bonchev–Trinajstić information content (AvgIpc) is 3.05. The third-order valence-electron chi connectivity index (χ3n) is 5.47. The zero-order chi connectivity index (χ0) is 14.1. The highest BCUT2D eigenvalue weighted by Gasteiger charge is 2.67. The van der Waals surface area contributed by atoms with E-state index in [0.29, 0.717) is 0 Å². The van der Waals surface area contributed by atoms with E-state index in [0.717, 1.165) is 17.7 Å². The zero-order valence-electron chi connectivity index (χ0n) is 11.7. The van der Waals surface area contributed by atoms with E-state index in [1.165, 1.54) is 4.90 Å². The molecule has 1 aliphatic heterocycles. The van der Waals surface area contributed by atoms with Crippen LogP contribution in [0.25, 0.3) is 0 Å². The van der Waals surface area contributed by atoms with Gasteiger partial charge < -0.3 is 0 Å². The van der Waals surface area contributed by atoms with Crippen LogP contribution >= 0.6 is 0 Å². The van der Waals surface area contributed by atoms with E-state index >= 15 is 0 Å². The quantitative estimate of drug-likeness (QED) is 0.579. The Bertz CT molecular complexity index is 663. The lowest BCUT2D eigenvalue weighted by molar-refractivity contribution is -0.127. The maximum atomic E-state index is 12.9. The summed E-state index contributed by atoms with van der Waals surface area (Å²) in [6.07, 6.45) is 5.22. The summed E-state index contributed by atoms with van der Waals surface area (Å²) in [4.78, 5) is 27.2. The molecule has 0 aromatic heterocycles. The molecule has 3 heteroatoms. The van der Waals surface area contributed by atoms with Gasteiger partial charge in [0.2, 0.25) is 11.8 Å². The minimum atomic E-state index is -0.529. The summed E-state index contributed by atoms with van der Waals surface area (Å²) < 4.78 is 0. The maximum Gasteiger partial charge on any atom is 0.241 e. The molecule has 4 atom stereocenters. The van der Waals surface area contributed by atoms with E-state index in [9.17, 15) is 9.59 Å². The summed E-state index contributed by atoms with van der Waals surface area (Å²) in [6, 6.07) is 7.62. The summed E-state index contributed by atoms with van der Waals surface area (Å²) >= 11 is 0. The lowest BCUT2D eigenvalue weighted by Crippen LogP contribution is -2.37. The number of hydrogen-bond acceptors (Lipinski definition) is 2. The molecule has 1 aromatic carbocycles. The third kappa shape index (κ3) is 1.17. The van der Waals surface area contributed by atoms with Gasteiger partial charge in [-0.25, -0.2) is 4.90 Å². The molecule has 20 heavy (non-hydrogen) atoms. The lowest BCUT2D eigenvalue weighted by atomic mass is 9.71. The first-order valence-electron chi connectivity index (χ1n) is 7.17. The highest BCUT2D eigenvalue weighted by molar-refractivity contribution is 6.24. The monoisotopic (exact) mass is 267 g/mol. The zero-order valence-corrected chi connectivity index (χ0v) is 11.7. The molecule has 3 nitrogen and oxygen atoms in total. The minimum Gasteiger partial charge on any atom is -0.274 e. The maximum absolute atomic E-state index is 12.9. The van der Waals surface area contributed by atoms with E-state index < -0.39 is 5.41 Å². The van der Waals surface area contributed by atoms with Gasteiger partial charge in [-0.15, -0.1) is 0 Å². The molecule has 1 aromatic rings. The van der Waals surface area contributed by atoms with Crippen molar-refractivity contribution < 1.29 is 9.59 Å². The number of imide groups is 1. The van der Waals surface area contributed by atoms with E-state index in [2.05, 4.69) is 12.2 Å². The fourth-order valence-corrected chi connectivity index (χ4v) is 4.35. The van der Waals surface area contributed by atoms with Gasteiger partial charge in [-0.3, -0.25) is 9.59 Å². The van der Waals surface area contributed by atoms with Crippen LogP contribution in [0.3, 0.4) is 0 Å². The van der Waals surface area contributed by atoms with Crippen molar-refractivity contribution in [3.05, 3.63) is 42.0 Å². The second-order valence-electron chi connectivity index (χ2n) is 6.42. The number of benzene rings is 1. The molecule has 0 radical (unpaired) electrons. The largest absolute Gasteiger partial charge is 0.274 e. The van der Waals surface area contributed by atoms with Gasteiger partial charge in [0.15, 0.2) is 0 Å². The molecule has 1 saturated heterocycles. The Morgan fingerprint density at radius 2 is 1.95 bits per heavy atom. The Morgan fingerprint density at radius 3 is 2.65 bits per heavy atom. The molecular weight excluding hydrogens is 250 g/mol. The molecule has 2 bridgehead atoms. The van der Waals surface area contributed by atoms with Crippen LogP contribution < -0.4 is 4.90 Å². The number of rotatable bonds is 1. The molecule has 1 heterocycles. The Labute approximate surface area is 118 Å². The van der Waals surface area contributed by atoms with E-state index in [4.69, 9.17) is 0 Å². The number of nitrogens with zero attached hydrogens (tertiary/aromatic N) is 1. The lowest BCUT2D eigenvalue weighted by Gasteiger charge is -2.28. The molecule has 1 saturated carbocycles. The van der Waals surface area contributed by atoms with Crippen molar-refractivity contribution >= 4 is 17.5 Å². The molecular formula is C17H17NO2. The van der Waals surface area contributed by atoms with Crippen molar-refractivity contribution in [3.63, 3.8) is 0 Å².